The molecule has 0 radical (unpaired) electrons. The van der Waals surface area contributed by atoms with Crippen LogP contribution in [0.5, 0.6) is 0 Å². The van der Waals surface area contributed by atoms with Gasteiger partial charge in [-0.15, -0.1) is 11.3 Å². The number of esters is 1. The molecule has 138 valence electrons. The molecule has 1 amide bonds. The zero-order valence-corrected chi connectivity index (χ0v) is 16.9. The highest BCUT2D eigenvalue weighted by atomic mass is 79.9. The van der Waals surface area contributed by atoms with Crippen molar-refractivity contribution in [1.82, 2.24) is 5.32 Å². The van der Waals surface area contributed by atoms with Crippen LogP contribution in [0.15, 0.2) is 46.3 Å². The molecule has 0 saturated heterocycles. The van der Waals surface area contributed by atoms with Gasteiger partial charge >= 0.3 is 5.97 Å². The Balaban J connectivity index is 1.90. The first kappa shape index (κ1) is 20.3. The second kappa shape index (κ2) is 9.64. The van der Waals surface area contributed by atoms with Crippen molar-refractivity contribution in [2.75, 3.05) is 6.61 Å². The molecular weight excluding hydrogens is 418 g/mol. The normalized spacial score (nSPS) is 11.8. The minimum absolute atomic E-state index is 0.159. The van der Waals surface area contributed by atoms with Gasteiger partial charge in [0.1, 0.15) is 6.04 Å². The second-order valence-electron chi connectivity index (χ2n) is 6.09. The number of halogens is 1. The molecule has 0 aliphatic rings. The Hall–Kier alpha value is -1.99. The summed E-state index contributed by atoms with van der Waals surface area (Å²) in [6.45, 7) is 3.28. The standard InChI is InChI=1S/C19H20BrNO4S/c1-12(2)18(21-17(23)10-13-6-4-3-5-7-13)19(24)25-11-14(22)15-8-9-16(20)26-15/h3-9,12,18H,10-11H2,1-2H3,(H,21,23)/t18-/m0/s1. The molecule has 1 N–H and O–H groups in total. The van der Waals surface area contributed by atoms with Crippen molar-refractivity contribution in [2.45, 2.75) is 26.3 Å². The lowest BCUT2D eigenvalue weighted by Gasteiger charge is -2.20. The lowest BCUT2D eigenvalue weighted by atomic mass is 10.0. The summed E-state index contributed by atoms with van der Waals surface area (Å²) in [5.41, 5.74) is 0.860. The van der Waals surface area contributed by atoms with Crippen molar-refractivity contribution >= 4 is 44.9 Å². The molecule has 0 unspecified atom stereocenters. The minimum atomic E-state index is -0.797. The van der Waals surface area contributed by atoms with Gasteiger partial charge in [-0.2, -0.15) is 0 Å². The van der Waals surface area contributed by atoms with Crippen molar-refractivity contribution in [3.8, 4) is 0 Å². The van der Waals surface area contributed by atoms with Gasteiger partial charge in [0.05, 0.1) is 15.1 Å². The van der Waals surface area contributed by atoms with E-state index in [0.717, 1.165) is 9.35 Å². The topological polar surface area (TPSA) is 72.5 Å². The Kier molecular flexibility index (Phi) is 7.53. The van der Waals surface area contributed by atoms with Gasteiger partial charge in [0, 0.05) is 0 Å². The van der Waals surface area contributed by atoms with E-state index in [9.17, 15) is 14.4 Å². The van der Waals surface area contributed by atoms with Crippen molar-refractivity contribution in [3.05, 3.63) is 56.7 Å². The molecule has 5 nitrogen and oxygen atoms in total. The maximum Gasteiger partial charge on any atom is 0.329 e. The van der Waals surface area contributed by atoms with Crippen molar-refractivity contribution in [3.63, 3.8) is 0 Å². The predicted octanol–water partition coefficient (Wildman–Crippen LogP) is 3.62. The van der Waals surface area contributed by atoms with Crippen LogP contribution in [-0.4, -0.2) is 30.3 Å². The van der Waals surface area contributed by atoms with E-state index in [4.69, 9.17) is 4.74 Å². The fourth-order valence-electron chi connectivity index (χ4n) is 2.27. The molecule has 0 saturated carbocycles. The maximum absolute atomic E-state index is 12.3. The molecular formula is C19H20BrNO4S. The minimum Gasteiger partial charge on any atom is -0.456 e. The Labute approximate surface area is 164 Å². The third kappa shape index (κ3) is 6.07. The largest absolute Gasteiger partial charge is 0.456 e. The molecule has 7 heteroatoms. The fourth-order valence-corrected chi connectivity index (χ4v) is 3.58. The van der Waals surface area contributed by atoms with E-state index in [1.54, 1.807) is 12.1 Å². The highest BCUT2D eigenvalue weighted by molar-refractivity contribution is 9.11. The average Bonchev–Trinajstić information content (AvgIpc) is 3.04. The number of thiophene rings is 1. The molecule has 1 atom stereocenters. The number of amides is 1. The molecule has 2 rings (SSSR count). The number of hydrogen-bond donors (Lipinski definition) is 1. The first-order chi connectivity index (χ1) is 12.4. The van der Waals surface area contributed by atoms with Gasteiger partial charge in [-0.3, -0.25) is 9.59 Å². The monoisotopic (exact) mass is 437 g/mol. The molecule has 1 aromatic heterocycles. The number of rotatable bonds is 8. The van der Waals surface area contributed by atoms with E-state index < -0.39 is 12.0 Å². The Morgan fingerprint density at radius 1 is 1.12 bits per heavy atom. The highest BCUT2D eigenvalue weighted by Crippen LogP contribution is 2.22. The van der Waals surface area contributed by atoms with Crippen molar-refractivity contribution in [1.29, 1.82) is 0 Å². The lowest BCUT2D eigenvalue weighted by molar-refractivity contribution is -0.148. The molecule has 1 aromatic carbocycles. The van der Waals surface area contributed by atoms with E-state index >= 15 is 0 Å². The summed E-state index contributed by atoms with van der Waals surface area (Å²) >= 11 is 4.57. The lowest BCUT2D eigenvalue weighted by Crippen LogP contribution is -2.46. The molecule has 0 aliphatic heterocycles. The van der Waals surface area contributed by atoms with Crippen LogP contribution in [0.4, 0.5) is 0 Å². The average molecular weight is 438 g/mol. The van der Waals surface area contributed by atoms with Gasteiger partial charge in [0.2, 0.25) is 11.7 Å². The van der Waals surface area contributed by atoms with Crippen LogP contribution >= 0.6 is 27.3 Å². The van der Waals surface area contributed by atoms with Crippen LogP contribution in [-0.2, 0) is 20.7 Å². The van der Waals surface area contributed by atoms with E-state index in [-0.39, 0.29) is 30.6 Å². The molecule has 0 bridgehead atoms. The number of carbonyl (C=O) groups is 3. The third-order valence-corrected chi connectivity index (χ3v) is 5.30. The Morgan fingerprint density at radius 3 is 2.38 bits per heavy atom. The fraction of sp³-hybridized carbons (Fsp3) is 0.316. The smallest absolute Gasteiger partial charge is 0.329 e. The zero-order chi connectivity index (χ0) is 19.1. The number of nitrogens with one attached hydrogen (secondary N) is 1. The Bertz CT molecular complexity index is 773. The summed E-state index contributed by atoms with van der Waals surface area (Å²) in [6, 6.07) is 11.9. The first-order valence-corrected chi connectivity index (χ1v) is 9.76. The quantitative estimate of drug-likeness (QED) is 0.505. The van der Waals surface area contributed by atoms with Crippen molar-refractivity contribution < 1.29 is 19.1 Å². The SMILES string of the molecule is CC(C)[C@H](NC(=O)Cc1ccccc1)C(=O)OCC(=O)c1ccc(Br)s1. The van der Waals surface area contributed by atoms with E-state index in [2.05, 4.69) is 21.2 Å². The van der Waals surface area contributed by atoms with Gasteiger partial charge in [-0.25, -0.2) is 4.79 Å². The predicted molar refractivity (Wildman–Crippen MR) is 104 cm³/mol. The van der Waals surface area contributed by atoms with E-state index in [1.165, 1.54) is 11.3 Å². The summed E-state index contributed by atoms with van der Waals surface area (Å²) in [5.74, 6) is -1.30. The number of ether oxygens (including phenoxy) is 1. The van der Waals surface area contributed by atoms with E-state index in [1.807, 2.05) is 44.2 Å². The summed E-state index contributed by atoms with van der Waals surface area (Å²) in [5, 5.41) is 2.70. The number of benzene rings is 1. The van der Waals surface area contributed by atoms with Gasteiger partial charge in [-0.1, -0.05) is 44.2 Å². The summed E-state index contributed by atoms with van der Waals surface area (Å²) < 4.78 is 5.96. The zero-order valence-electron chi connectivity index (χ0n) is 14.5. The summed E-state index contributed by atoms with van der Waals surface area (Å²) in [4.78, 5) is 37.1. The van der Waals surface area contributed by atoms with Crippen LogP contribution < -0.4 is 5.32 Å². The van der Waals surface area contributed by atoms with Crippen molar-refractivity contribution in [2.24, 2.45) is 5.92 Å². The number of carbonyl (C=O) groups excluding carboxylic acids is 3. The molecule has 0 spiro atoms. The summed E-state index contributed by atoms with van der Waals surface area (Å²) in [6.07, 6.45) is 0.180. The number of ketones is 1. The van der Waals surface area contributed by atoms with Crippen LogP contribution in [0, 0.1) is 5.92 Å². The van der Waals surface area contributed by atoms with Crippen LogP contribution in [0.3, 0.4) is 0 Å². The number of hydrogen-bond acceptors (Lipinski definition) is 5. The molecule has 0 fully saturated rings. The highest BCUT2D eigenvalue weighted by Gasteiger charge is 2.26. The van der Waals surface area contributed by atoms with Gasteiger partial charge in [-0.05, 0) is 39.5 Å². The van der Waals surface area contributed by atoms with Crippen LogP contribution in [0.25, 0.3) is 0 Å². The number of Topliss-reactive ketones (excluding diaryl/α,β-unsaturated/α-hetero) is 1. The third-order valence-electron chi connectivity index (χ3n) is 3.64. The summed E-state index contributed by atoms with van der Waals surface area (Å²) in [7, 11) is 0. The molecule has 0 aliphatic carbocycles. The van der Waals surface area contributed by atoms with Crippen LogP contribution in [0.1, 0.15) is 29.1 Å². The molecule has 26 heavy (non-hydrogen) atoms. The van der Waals surface area contributed by atoms with E-state index in [0.29, 0.717) is 4.88 Å². The van der Waals surface area contributed by atoms with Gasteiger partial charge in [0.25, 0.3) is 0 Å². The first-order valence-electron chi connectivity index (χ1n) is 8.15. The van der Waals surface area contributed by atoms with Crippen LogP contribution in [0.2, 0.25) is 0 Å². The maximum atomic E-state index is 12.3. The second-order valence-corrected chi connectivity index (χ2v) is 8.55. The van der Waals surface area contributed by atoms with Gasteiger partial charge in [0.15, 0.2) is 6.61 Å². The molecule has 1 heterocycles. The molecule has 2 aromatic rings. The Morgan fingerprint density at radius 2 is 1.81 bits per heavy atom. The van der Waals surface area contributed by atoms with Gasteiger partial charge < -0.3 is 10.1 Å².